The summed E-state index contributed by atoms with van der Waals surface area (Å²) < 4.78 is 41.9. The zero-order valence-corrected chi connectivity index (χ0v) is 15.8. The van der Waals surface area contributed by atoms with Gasteiger partial charge in [0.15, 0.2) is 0 Å². The number of hydrogen-bond donors (Lipinski definition) is 2. The molecule has 0 unspecified atom stereocenters. The van der Waals surface area contributed by atoms with E-state index < -0.39 is 21.7 Å². The Labute approximate surface area is 159 Å². The molecular weight excluding hydrogens is 367 g/mol. The Morgan fingerprint density at radius 2 is 1.67 bits per heavy atom. The minimum atomic E-state index is -3.72. The van der Waals surface area contributed by atoms with E-state index in [0.717, 1.165) is 38.5 Å². The molecular formula is C20H23FN2O3S. The predicted molar refractivity (Wildman–Crippen MR) is 103 cm³/mol. The summed E-state index contributed by atoms with van der Waals surface area (Å²) in [6, 6.07) is 11.5. The van der Waals surface area contributed by atoms with Gasteiger partial charge in [0.25, 0.3) is 5.91 Å². The molecule has 144 valence electrons. The maximum absolute atomic E-state index is 13.7. The summed E-state index contributed by atoms with van der Waals surface area (Å²) in [4.78, 5) is 12.4. The van der Waals surface area contributed by atoms with Crippen molar-refractivity contribution in [3.63, 3.8) is 0 Å². The van der Waals surface area contributed by atoms with Gasteiger partial charge >= 0.3 is 0 Å². The highest BCUT2D eigenvalue weighted by molar-refractivity contribution is 7.89. The molecule has 2 aromatic rings. The molecule has 0 spiro atoms. The molecule has 7 heteroatoms. The van der Waals surface area contributed by atoms with Crippen LogP contribution >= 0.6 is 0 Å². The molecule has 0 radical (unpaired) electrons. The van der Waals surface area contributed by atoms with E-state index in [-0.39, 0.29) is 22.2 Å². The van der Waals surface area contributed by atoms with Crippen LogP contribution in [0.25, 0.3) is 0 Å². The fraction of sp³-hybridized carbons (Fsp3) is 0.350. The van der Waals surface area contributed by atoms with Crippen molar-refractivity contribution in [2.24, 2.45) is 0 Å². The van der Waals surface area contributed by atoms with Crippen LogP contribution in [0.5, 0.6) is 0 Å². The van der Waals surface area contributed by atoms with Crippen LogP contribution in [-0.2, 0) is 10.0 Å². The van der Waals surface area contributed by atoms with E-state index >= 15 is 0 Å². The monoisotopic (exact) mass is 390 g/mol. The van der Waals surface area contributed by atoms with Crippen LogP contribution in [0, 0.1) is 5.82 Å². The second-order valence-electron chi connectivity index (χ2n) is 6.77. The molecule has 3 rings (SSSR count). The highest BCUT2D eigenvalue weighted by Gasteiger charge is 2.22. The van der Waals surface area contributed by atoms with Crippen molar-refractivity contribution in [2.75, 3.05) is 5.32 Å². The standard InChI is InChI=1S/C20H23FN2O3S/c21-18-12-5-6-13-19(18)22-20(24)15-8-7-11-17(14-15)27(25,26)23-16-9-3-1-2-4-10-16/h5-8,11-14,16,23H,1-4,9-10H2,(H,22,24). The predicted octanol–water partition coefficient (Wildman–Crippen LogP) is 4.08. The Morgan fingerprint density at radius 3 is 2.37 bits per heavy atom. The van der Waals surface area contributed by atoms with Crippen molar-refractivity contribution in [1.82, 2.24) is 4.72 Å². The number of para-hydroxylation sites is 1. The lowest BCUT2D eigenvalue weighted by atomic mass is 10.1. The molecule has 1 amide bonds. The summed E-state index contributed by atoms with van der Waals surface area (Å²) in [6.45, 7) is 0. The van der Waals surface area contributed by atoms with Gasteiger partial charge in [0.1, 0.15) is 5.82 Å². The normalized spacial score (nSPS) is 15.9. The van der Waals surface area contributed by atoms with E-state index in [1.54, 1.807) is 6.07 Å². The first-order valence-corrected chi connectivity index (χ1v) is 10.6. The second-order valence-corrected chi connectivity index (χ2v) is 8.49. The third-order valence-corrected chi connectivity index (χ3v) is 6.22. The summed E-state index contributed by atoms with van der Waals surface area (Å²) in [5.41, 5.74) is 0.203. The molecule has 1 fully saturated rings. The first-order valence-electron chi connectivity index (χ1n) is 9.14. The number of nitrogens with one attached hydrogen (secondary N) is 2. The lowest BCUT2D eigenvalue weighted by molar-refractivity contribution is 0.102. The number of anilines is 1. The Kier molecular flexibility index (Phi) is 6.23. The summed E-state index contributed by atoms with van der Waals surface area (Å²) in [5, 5.41) is 2.47. The molecule has 1 aliphatic rings. The average Bonchev–Trinajstić information content (AvgIpc) is 2.92. The molecule has 0 aliphatic heterocycles. The summed E-state index contributed by atoms with van der Waals surface area (Å²) in [7, 11) is -3.72. The van der Waals surface area contributed by atoms with E-state index in [0.29, 0.717) is 0 Å². The van der Waals surface area contributed by atoms with Crippen LogP contribution in [0.2, 0.25) is 0 Å². The molecule has 1 aliphatic carbocycles. The van der Waals surface area contributed by atoms with Crippen molar-refractivity contribution in [1.29, 1.82) is 0 Å². The first kappa shape index (κ1) is 19.5. The topological polar surface area (TPSA) is 75.3 Å². The number of hydrogen-bond acceptors (Lipinski definition) is 3. The highest BCUT2D eigenvalue weighted by Crippen LogP contribution is 2.21. The second kappa shape index (κ2) is 8.63. The van der Waals surface area contributed by atoms with Crippen LogP contribution in [0.4, 0.5) is 10.1 Å². The summed E-state index contributed by atoms with van der Waals surface area (Å²) >= 11 is 0. The maximum atomic E-state index is 13.7. The number of rotatable bonds is 5. The van der Waals surface area contributed by atoms with Crippen LogP contribution in [-0.4, -0.2) is 20.4 Å². The Hall–Kier alpha value is -2.25. The number of benzene rings is 2. The zero-order chi connectivity index (χ0) is 19.3. The Bertz CT molecular complexity index is 907. The van der Waals surface area contributed by atoms with Crippen molar-refractivity contribution in [2.45, 2.75) is 49.5 Å². The van der Waals surface area contributed by atoms with Crippen molar-refractivity contribution in [3.8, 4) is 0 Å². The van der Waals surface area contributed by atoms with Gasteiger partial charge in [0, 0.05) is 11.6 Å². The van der Waals surface area contributed by atoms with E-state index in [1.165, 1.54) is 42.5 Å². The number of carbonyl (C=O) groups excluding carboxylic acids is 1. The maximum Gasteiger partial charge on any atom is 0.255 e. The highest BCUT2D eigenvalue weighted by atomic mass is 32.2. The molecule has 0 atom stereocenters. The van der Waals surface area contributed by atoms with E-state index in [2.05, 4.69) is 10.0 Å². The summed E-state index contributed by atoms with van der Waals surface area (Å²) in [6.07, 6.45) is 5.93. The third-order valence-electron chi connectivity index (χ3n) is 4.71. The molecule has 0 saturated heterocycles. The molecule has 2 N–H and O–H groups in total. The molecule has 0 bridgehead atoms. The van der Waals surface area contributed by atoms with Crippen LogP contribution in [0.3, 0.4) is 0 Å². The van der Waals surface area contributed by atoms with Gasteiger partial charge in [0.2, 0.25) is 10.0 Å². The molecule has 1 saturated carbocycles. The average molecular weight is 390 g/mol. The molecule has 2 aromatic carbocycles. The smallest absolute Gasteiger partial charge is 0.255 e. The fourth-order valence-electron chi connectivity index (χ4n) is 3.25. The fourth-order valence-corrected chi connectivity index (χ4v) is 4.60. The van der Waals surface area contributed by atoms with Crippen molar-refractivity contribution in [3.05, 3.63) is 59.9 Å². The van der Waals surface area contributed by atoms with Crippen LogP contribution in [0.1, 0.15) is 48.9 Å². The number of sulfonamides is 1. The lowest BCUT2D eigenvalue weighted by Crippen LogP contribution is -2.34. The largest absolute Gasteiger partial charge is 0.319 e. The van der Waals surface area contributed by atoms with E-state index in [9.17, 15) is 17.6 Å². The zero-order valence-electron chi connectivity index (χ0n) is 14.9. The van der Waals surface area contributed by atoms with Gasteiger partial charge in [-0.1, -0.05) is 43.9 Å². The SMILES string of the molecule is O=C(Nc1ccccc1F)c1cccc(S(=O)(=O)NC2CCCCCC2)c1. The van der Waals surface area contributed by atoms with Gasteiger partial charge in [-0.2, -0.15) is 0 Å². The molecule has 27 heavy (non-hydrogen) atoms. The first-order chi connectivity index (χ1) is 13.0. The van der Waals surface area contributed by atoms with Gasteiger partial charge in [-0.05, 0) is 43.2 Å². The number of halogens is 1. The number of carbonyl (C=O) groups is 1. The van der Waals surface area contributed by atoms with Crippen LogP contribution in [0.15, 0.2) is 53.4 Å². The van der Waals surface area contributed by atoms with E-state index in [1.807, 2.05) is 0 Å². The minimum absolute atomic E-state index is 0.0351. The number of amides is 1. The Morgan fingerprint density at radius 1 is 0.963 bits per heavy atom. The summed E-state index contributed by atoms with van der Waals surface area (Å²) in [5.74, 6) is -1.11. The van der Waals surface area contributed by atoms with Crippen molar-refractivity contribution >= 4 is 21.6 Å². The van der Waals surface area contributed by atoms with Gasteiger partial charge in [-0.3, -0.25) is 4.79 Å². The van der Waals surface area contributed by atoms with Gasteiger partial charge in [-0.25, -0.2) is 17.5 Å². The molecule has 0 aromatic heterocycles. The molecule has 5 nitrogen and oxygen atoms in total. The van der Waals surface area contributed by atoms with Crippen LogP contribution < -0.4 is 10.0 Å². The Balaban J connectivity index is 1.75. The quantitative estimate of drug-likeness (QED) is 0.756. The molecule has 0 heterocycles. The van der Waals surface area contributed by atoms with E-state index in [4.69, 9.17) is 0 Å². The minimum Gasteiger partial charge on any atom is -0.319 e. The van der Waals surface area contributed by atoms with Gasteiger partial charge < -0.3 is 5.32 Å². The third kappa shape index (κ3) is 5.14. The lowest BCUT2D eigenvalue weighted by Gasteiger charge is -2.16. The van der Waals surface area contributed by atoms with Crippen molar-refractivity contribution < 1.29 is 17.6 Å². The van der Waals surface area contributed by atoms with Gasteiger partial charge in [0.05, 0.1) is 10.6 Å². The van der Waals surface area contributed by atoms with Gasteiger partial charge in [-0.15, -0.1) is 0 Å².